The molecule has 0 unspecified atom stereocenters. The Morgan fingerprint density at radius 3 is 2.32 bits per heavy atom. The van der Waals surface area contributed by atoms with Gasteiger partial charge in [0.05, 0.1) is 23.4 Å². The summed E-state index contributed by atoms with van der Waals surface area (Å²) in [5, 5.41) is 3.37. The molecule has 1 atom stereocenters. The maximum Gasteiger partial charge on any atom is 0.126 e. The summed E-state index contributed by atoms with van der Waals surface area (Å²) in [7, 11) is 4.07. The zero-order valence-corrected chi connectivity index (χ0v) is 18.2. The number of imidazole rings is 1. The molecule has 5 nitrogen and oxygen atoms in total. The van der Waals surface area contributed by atoms with E-state index >= 15 is 0 Å². The van der Waals surface area contributed by atoms with E-state index in [1.807, 2.05) is 57.3 Å². The number of aryl methyl sites for hydroxylation is 1. The second-order valence-electron chi connectivity index (χ2n) is 7.87. The Morgan fingerprint density at radius 1 is 0.968 bits per heavy atom. The number of rotatable bonds is 6. The number of hydrogen-bond donors (Lipinski definition) is 1. The van der Waals surface area contributed by atoms with Crippen LogP contribution in [0.25, 0.3) is 16.8 Å². The summed E-state index contributed by atoms with van der Waals surface area (Å²) < 4.78 is 15.2. The summed E-state index contributed by atoms with van der Waals surface area (Å²) >= 11 is 0. The summed E-state index contributed by atoms with van der Waals surface area (Å²) in [5.41, 5.74) is 6.30. The van der Waals surface area contributed by atoms with E-state index in [2.05, 4.69) is 44.5 Å². The zero-order valence-electron chi connectivity index (χ0n) is 18.2. The average molecular weight is 416 g/mol. The summed E-state index contributed by atoms with van der Waals surface area (Å²) in [4.78, 5) is 11.0. The van der Waals surface area contributed by atoms with E-state index in [9.17, 15) is 4.39 Å². The molecule has 0 fully saturated rings. The van der Waals surface area contributed by atoms with Crippen LogP contribution in [0.3, 0.4) is 0 Å². The van der Waals surface area contributed by atoms with Gasteiger partial charge in [0.15, 0.2) is 0 Å². The summed E-state index contributed by atoms with van der Waals surface area (Å²) in [5.74, 6) is 0.545. The van der Waals surface area contributed by atoms with E-state index < -0.39 is 0 Å². The van der Waals surface area contributed by atoms with E-state index in [1.54, 1.807) is 12.1 Å². The average Bonchev–Trinajstić information content (AvgIpc) is 3.20. The van der Waals surface area contributed by atoms with Crippen LogP contribution in [0.15, 0.2) is 73.3 Å². The smallest absolute Gasteiger partial charge is 0.126 e. The molecule has 2 aromatic heterocycles. The molecule has 0 radical (unpaired) electrons. The molecule has 2 aromatic carbocycles. The van der Waals surface area contributed by atoms with Gasteiger partial charge in [-0.25, -0.2) is 14.4 Å². The van der Waals surface area contributed by atoms with Crippen molar-refractivity contribution in [3.8, 4) is 16.8 Å². The summed E-state index contributed by atoms with van der Waals surface area (Å²) in [6.07, 6.45) is 5.73. The van der Waals surface area contributed by atoms with Crippen LogP contribution in [0.5, 0.6) is 0 Å². The molecule has 0 saturated heterocycles. The van der Waals surface area contributed by atoms with Gasteiger partial charge in [-0.1, -0.05) is 18.2 Å². The predicted octanol–water partition coefficient (Wildman–Crippen LogP) is 5.62. The van der Waals surface area contributed by atoms with E-state index in [-0.39, 0.29) is 11.9 Å². The van der Waals surface area contributed by atoms with Gasteiger partial charge >= 0.3 is 0 Å². The van der Waals surface area contributed by atoms with E-state index in [0.717, 1.165) is 39.6 Å². The lowest BCUT2D eigenvalue weighted by atomic mass is 10.1. The molecule has 31 heavy (non-hydrogen) atoms. The third-order valence-corrected chi connectivity index (χ3v) is 5.28. The molecule has 0 saturated carbocycles. The molecule has 2 heterocycles. The normalized spacial score (nSPS) is 11.9. The van der Waals surface area contributed by atoms with Gasteiger partial charge in [-0.05, 0) is 61.4 Å². The number of aromatic nitrogens is 3. The maximum absolute atomic E-state index is 13.1. The summed E-state index contributed by atoms with van der Waals surface area (Å²) in [6, 6.07) is 16.9. The standard InChI is InChI=1S/C25H26FN5/c1-17-15-31(16-28-17)23-11-7-20(13-24(23)30(3)4)21-8-12-25(27-14-21)29-18(2)19-5-9-22(26)10-6-19/h5-16,18H,1-4H3,(H,27,29)/t18-/m0/s1. The van der Waals surface area contributed by atoms with Gasteiger partial charge in [-0.2, -0.15) is 0 Å². The molecule has 0 amide bonds. The number of anilines is 2. The number of halogens is 1. The molecule has 1 N–H and O–H groups in total. The Kier molecular flexibility index (Phi) is 5.71. The second-order valence-corrected chi connectivity index (χ2v) is 7.87. The first-order valence-electron chi connectivity index (χ1n) is 10.2. The van der Waals surface area contributed by atoms with E-state index in [1.165, 1.54) is 12.1 Å². The molecule has 4 aromatic rings. The fourth-order valence-corrected chi connectivity index (χ4v) is 3.54. The Bertz CT molecular complexity index is 1160. The molecule has 158 valence electrons. The monoisotopic (exact) mass is 415 g/mol. The highest BCUT2D eigenvalue weighted by Crippen LogP contribution is 2.30. The molecule has 0 aliphatic carbocycles. The van der Waals surface area contributed by atoms with Crippen molar-refractivity contribution in [1.29, 1.82) is 0 Å². The topological polar surface area (TPSA) is 46.0 Å². The highest BCUT2D eigenvalue weighted by molar-refractivity contribution is 5.74. The van der Waals surface area contributed by atoms with E-state index in [0.29, 0.717) is 0 Å². The van der Waals surface area contributed by atoms with Crippen molar-refractivity contribution in [2.75, 3.05) is 24.3 Å². The first kappa shape index (κ1) is 20.6. The zero-order chi connectivity index (χ0) is 22.0. The number of pyridine rings is 1. The first-order valence-corrected chi connectivity index (χ1v) is 10.2. The fraction of sp³-hybridized carbons (Fsp3) is 0.200. The number of nitrogens with one attached hydrogen (secondary N) is 1. The Balaban J connectivity index is 1.56. The highest BCUT2D eigenvalue weighted by Gasteiger charge is 2.11. The Morgan fingerprint density at radius 2 is 1.71 bits per heavy atom. The largest absolute Gasteiger partial charge is 0.376 e. The van der Waals surface area contributed by atoms with E-state index in [4.69, 9.17) is 0 Å². The van der Waals surface area contributed by atoms with Crippen LogP contribution in [0.1, 0.15) is 24.2 Å². The number of hydrogen-bond acceptors (Lipinski definition) is 4. The van der Waals surface area contributed by atoms with Crippen molar-refractivity contribution in [3.05, 3.63) is 90.4 Å². The minimum absolute atomic E-state index is 0.0252. The van der Waals surface area contributed by atoms with Crippen LogP contribution < -0.4 is 10.2 Å². The fourth-order valence-electron chi connectivity index (χ4n) is 3.54. The second kappa shape index (κ2) is 8.60. The minimum atomic E-state index is -0.232. The first-order chi connectivity index (χ1) is 14.9. The molecular weight excluding hydrogens is 389 g/mol. The maximum atomic E-state index is 13.1. The van der Waals surface area contributed by atoms with Gasteiger partial charge in [0.1, 0.15) is 11.6 Å². The third-order valence-electron chi connectivity index (χ3n) is 5.28. The van der Waals surface area contributed by atoms with Gasteiger partial charge in [-0.3, -0.25) is 0 Å². The Labute approximate surface area is 182 Å². The van der Waals surface area contributed by atoms with Crippen LogP contribution in [0, 0.1) is 12.7 Å². The van der Waals surface area contributed by atoms with Crippen molar-refractivity contribution < 1.29 is 4.39 Å². The van der Waals surface area contributed by atoms with Crippen molar-refractivity contribution >= 4 is 11.5 Å². The SMILES string of the molecule is Cc1cn(-c2ccc(-c3ccc(N[C@@H](C)c4ccc(F)cc4)nc3)cc2N(C)C)cn1. The van der Waals surface area contributed by atoms with Crippen molar-refractivity contribution in [3.63, 3.8) is 0 Å². The third kappa shape index (κ3) is 4.58. The molecule has 4 rings (SSSR count). The van der Waals surface area contributed by atoms with Crippen molar-refractivity contribution in [1.82, 2.24) is 14.5 Å². The molecule has 0 spiro atoms. The Hall–Kier alpha value is -3.67. The van der Waals surface area contributed by atoms with Crippen molar-refractivity contribution in [2.24, 2.45) is 0 Å². The van der Waals surface area contributed by atoms with Gasteiger partial charge in [0.25, 0.3) is 0 Å². The number of nitrogens with zero attached hydrogens (tertiary/aromatic N) is 4. The lowest BCUT2D eigenvalue weighted by Gasteiger charge is -2.19. The van der Waals surface area contributed by atoms with Crippen LogP contribution in [0.2, 0.25) is 0 Å². The van der Waals surface area contributed by atoms with Gasteiger partial charge in [0, 0.05) is 38.1 Å². The molecular formula is C25H26FN5. The summed E-state index contributed by atoms with van der Waals surface area (Å²) in [6.45, 7) is 4.02. The van der Waals surface area contributed by atoms with Crippen LogP contribution >= 0.6 is 0 Å². The van der Waals surface area contributed by atoms with Crippen molar-refractivity contribution in [2.45, 2.75) is 19.9 Å². The lowest BCUT2D eigenvalue weighted by Crippen LogP contribution is -2.12. The van der Waals surface area contributed by atoms with Crippen LogP contribution in [-0.4, -0.2) is 28.6 Å². The van der Waals surface area contributed by atoms with Gasteiger partial charge in [-0.15, -0.1) is 0 Å². The number of benzene rings is 2. The molecule has 0 aliphatic heterocycles. The van der Waals surface area contributed by atoms with Crippen LogP contribution in [0.4, 0.5) is 15.9 Å². The van der Waals surface area contributed by atoms with Gasteiger partial charge < -0.3 is 14.8 Å². The predicted molar refractivity (Wildman–Crippen MR) is 124 cm³/mol. The highest BCUT2D eigenvalue weighted by atomic mass is 19.1. The molecule has 6 heteroatoms. The molecule has 0 bridgehead atoms. The molecule has 0 aliphatic rings. The van der Waals surface area contributed by atoms with Crippen LogP contribution in [-0.2, 0) is 0 Å². The van der Waals surface area contributed by atoms with Gasteiger partial charge in [0.2, 0.25) is 0 Å². The minimum Gasteiger partial charge on any atom is -0.376 e. The quantitative estimate of drug-likeness (QED) is 0.444. The lowest BCUT2D eigenvalue weighted by molar-refractivity contribution is 0.626.